The van der Waals surface area contributed by atoms with E-state index in [0.29, 0.717) is 6.42 Å². The third-order valence-electron chi connectivity index (χ3n) is 7.03. The molecule has 1 saturated carbocycles. The molecule has 0 bridgehead atoms. The first-order chi connectivity index (χ1) is 15.1. The number of aliphatic hydroxyl groups is 1. The molecular formula is C28H44O3. The predicted molar refractivity (Wildman–Crippen MR) is 129 cm³/mol. The maximum absolute atomic E-state index is 11.5. The van der Waals surface area contributed by atoms with Gasteiger partial charge < -0.3 is 10.2 Å². The monoisotopic (exact) mass is 428 g/mol. The van der Waals surface area contributed by atoms with E-state index >= 15 is 0 Å². The van der Waals surface area contributed by atoms with E-state index in [1.54, 1.807) is 0 Å². The van der Waals surface area contributed by atoms with Gasteiger partial charge in [-0.05, 0) is 61.8 Å². The molecule has 3 heteroatoms. The zero-order chi connectivity index (χ0) is 22.4. The summed E-state index contributed by atoms with van der Waals surface area (Å²) >= 11 is 0. The number of unbranched alkanes of at least 4 members (excludes halogenated alkanes) is 5. The average Bonchev–Trinajstić information content (AvgIpc) is 3.23. The quantitative estimate of drug-likeness (QED) is 0.213. The molecule has 0 radical (unpaired) electrons. The Labute approximate surface area is 190 Å². The number of benzene rings is 1. The van der Waals surface area contributed by atoms with Crippen LogP contribution in [-0.4, -0.2) is 22.3 Å². The molecule has 2 unspecified atom stereocenters. The summed E-state index contributed by atoms with van der Waals surface area (Å²) in [6.07, 6.45) is 19.6. The van der Waals surface area contributed by atoms with Crippen LogP contribution < -0.4 is 0 Å². The van der Waals surface area contributed by atoms with Gasteiger partial charge in [0.2, 0.25) is 0 Å². The van der Waals surface area contributed by atoms with E-state index in [-0.39, 0.29) is 17.4 Å². The molecule has 0 spiro atoms. The van der Waals surface area contributed by atoms with Gasteiger partial charge in [0.25, 0.3) is 0 Å². The summed E-state index contributed by atoms with van der Waals surface area (Å²) in [6.45, 7) is 2.18. The van der Waals surface area contributed by atoms with E-state index in [2.05, 4.69) is 43.3 Å². The molecule has 2 rings (SSSR count). The second-order valence-corrected chi connectivity index (χ2v) is 9.65. The number of aliphatic carboxylic acids is 1. The Morgan fingerprint density at radius 3 is 2.42 bits per heavy atom. The third-order valence-corrected chi connectivity index (χ3v) is 7.03. The van der Waals surface area contributed by atoms with E-state index in [0.717, 1.165) is 51.4 Å². The van der Waals surface area contributed by atoms with Gasteiger partial charge in [0.15, 0.2) is 0 Å². The summed E-state index contributed by atoms with van der Waals surface area (Å²) in [5.74, 6) is -0.405. The first kappa shape index (κ1) is 25.6. The molecule has 31 heavy (non-hydrogen) atoms. The van der Waals surface area contributed by atoms with Gasteiger partial charge in [-0.15, -0.1) is 0 Å². The average molecular weight is 429 g/mol. The standard InChI is InChI=1S/C28H44O3/c1-2-3-8-18-26(29)19-12-6-4-5-9-15-24(22-27(30)31)23-28(20-13-14-21-28)25-16-10-7-11-17-25/h7,10-12,16-17,19,24,26,29H,2-6,8-9,13-15,18,20-23H2,1H3,(H,30,31). The Balaban J connectivity index is 1.77. The number of allylic oxidation sites excluding steroid dienone is 1. The number of carboxylic acid groups (broad SMARTS) is 1. The van der Waals surface area contributed by atoms with Gasteiger partial charge in [-0.3, -0.25) is 4.79 Å². The van der Waals surface area contributed by atoms with E-state index < -0.39 is 5.97 Å². The Hall–Kier alpha value is -1.61. The molecule has 0 heterocycles. The molecule has 1 aromatic rings. The summed E-state index contributed by atoms with van der Waals surface area (Å²) in [6, 6.07) is 10.8. The van der Waals surface area contributed by atoms with Gasteiger partial charge >= 0.3 is 5.97 Å². The van der Waals surface area contributed by atoms with Crippen molar-refractivity contribution in [3.63, 3.8) is 0 Å². The van der Waals surface area contributed by atoms with Crippen molar-refractivity contribution in [2.24, 2.45) is 5.92 Å². The molecule has 0 aromatic heterocycles. The largest absolute Gasteiger partial charge is 0.481 e. The van der Waals surface area contributed by atoms with Crippen LogP contribution in [0.5, 0.6) is 0 Å². The second kappa shape index (κ2) is 14.5. The van der Waals surface area contributed by atoms with E-state index in [4.69, 9.17) is 0 Å². The Morgan fingerprint density at radius 1 is 1.03 bits per heavy atom. The van der Waals surface area contributed by atoms with Crippen LogP contribution in [0.1, 0.15) is 109 Å². The molecule has 0 aliphatic heterocycles. The normalized spacial score (nSPS) is 17.7. The molecular weight excluding hydrogens is 384 g/mol. The van der Waals surface area contributed by atoms with Crippen LogP contribution in [-0.2, 0) is 10.2 Å². The lowest BCUT2D eigenvalue weighted by Crippen LogP contribution is -2.27. The minimum atomic E-state index is -0.661. The van der Waals surface area contributed by atoms with Gasteiger partial charge in [-0.1, -0.05) is 94.4 Å². The molecule has 0 amide bonds. The van der Waals surface area contributed by atoms with Crippen molar-refractivity contribution >= 4 is 5.97 Å². The Bertz CT molecular complexity index is 631. The maximum atomic E-state index is 11.5. The summed E-state index contributed by atoms with van der Waals surface area (Å²) in [7, 11) is 0. The number of rotatable bonds is 16. The van der Waals surface area contributed by atoms with Crippen molar-refractivity contribution in [2.45, 2.75) is 115 Å². The number of hydrogen-bond donors (Lipinski definition) is 2. The van der Waals surface area contributed by atoms with Crippen LogP contribution in [0.2, 0.25) is 0 Å². The molecule has 174 valence electrons. The highest BCUT2D eigenvalue weighted by Crippen LogP contribution is 2.46. The Kier molecular flexibility index (Phi) is 12.0. The second-order valence-electron chi connectivity index (χ2n) is 9.65. The van der Waals surface area contributed by atoms with Crippen molar-refractivity contribution in [3.05, 3.63) is 48.0 Å². The van der Waals surface area contributed by atoms with Gasteiger partial charge in [-0.2, -0.15) is 0 Å². The smallest absolute Gasteiger partial charge is 0.303 e. The third kappa shape index (κ3) is 9.60. The maximum Gasteiger partial charge on any atom is 0.303 e. The van der Waals surface area contributed by atoms with Crippen molar-refractivity contribution in [2.75, 3.05) is 0 Å². The summed E-state index contributed by atoms with van der Waals surface area (Å²) in [5, 5.41) is 19.4. The Morgan fingerprint density at radius 2 is 1.74 bits per heavy atom. The highest BCUT2D eigenvalue weighted by molar-refractivity contribution is 5.67. The molecule has 0 saturated heterocycles. The molecule has 1 fully saturated rings. The highest BCUT2D eigenvalue weighted by atomic mass is 16.4. The molecule has 1 aliphatic carbocycles. The fraction of sp³-hybridized carbons (Fsp3) is 0.679. The zero-order valence-electron chi connectivity index (χ0n) is 19.6. The van der Waals surface area contributed by atoms with Crippen molar-refractivity contribution in [3.8, 4) is 0 Å². The first-order valence-corrected chi connectivity index (χ1v) is 12.7. The first-order valence-electron chi connectivity index (χ1n) is 12.7. The van der Waals surface area contributed by atoms with Gasteiger partial charge in [-0.25, -0.2) is 0 Å². The summed E-state index contributed by atoms with van der Waals surface area (Å²) in [5.41, 5.74) is 1.59. The van der Waals surface area contributed by atoms with Crippen molar-refractivity contribution in [1.82, 2.24) is 0 Å². The lowest BCUT2D eigenvalue weighted by molar-refractivity contribution is -0.138. The number of carbonyl (C=O) groups is 1. The van der Waals surface area contributed by atoms with Gasteiger partial charge in [0.05, 0.1) is 6.10 Å². The topological polar surface area (TPSA) is 57.5 Å². The van der Waals surface area contributed by atoms with Crippen LogP contribution in [0.25, 0.3) is 0 Å². The summed E-state index contributed by atoms with van der Waals surface area (Å²) in [4.78, 5) is 11.5. The predicted octanol–water partition coefficient (Wildman–Crippen LogP) is 7.43. The van der Waals surface area contributed by atoms with E-state index in [1.807, 2.05) is 6.08 Å². The fourth-order valence-corrected chi connectivity index (χ4v) is 5.35. The van der Waals surface area contributed by atoms with Crippen molar-refractivity contribution in [1.29, 1.82) is 0 Å². The molecule has 2 atom stereocenters. The number of carboxylic acids is 1. The van der Waals surface area contributed by atoms with Crippen molar-refractivity contribution < 1.29 is 15.0 Å². The zero-order valence-corrected chi connectivity index (χ0v) is 19.6. The van der Waals surface area contributed by atoms with Crippen LogP contribution >= 0.6 is 0 Å². The molecule has 3 nitrogen and oxygen atoms in total. The number of hydrogen-bond acceptors (Lipinski definition) is 2. The minimum absolute atomic E-state index is 0.179. The highest BCUT2D eigenvalue weighted by Gasteiger charge is 2.37. The van der Waals surface area contributed by atoms with Crippen LogP contribution in [0.4, 0.5) is 0 Å². The lowest BCUT2D eigenvalue weighted by Gasteiger charge is -2.33. The SMILES string of the molecule is CCCCCC(O)C=CCCCCCC(CC(=O)O)CC1(c2ccccc2)CCCC1. The van der Waals surface area contributed by atoms with E-state index in [9.17, 15) is 15.0 Å². The fourth-order valence-electron chi connectivity index (χ4n) is 5.35. The van der Waals surface area contributed by atoms with Crippen LogP contribution in [0.3, 0.4) is 0 Å². The van der Waals surface area contributed by atoms with Gasteiger partial charge in [0, 0.05) is 6.42 Å². The van der Waals surface area contributed by atoms with E-state index in [1.165, 1.54) is 44.1 Å². The lowest BCUT2D eigenvalue weighted by atomic mass is 9.71. The number of aliphatic hydroxyl groups excluding tert-OH is 1. The molecule has 1 aliphatic rings. The molecule has 1 aromatic carbocycles. The summed E-state index contributed by atoms with van der Waals surface area (Å²) < 4.78 is 0. The molecule has 2 N–H and O–H groups in total. The van der Waals surface area contributed by atoms with Crippen LogP contribution in [0, 0.1) is 5.92 Å². The van der Waals surface area contributed by atoms with Crippen LogP contribution in [0.15, 0.2) is 42.5 Å². The van der Waals surface area contributed by atoms with Gasteiger partial charge in [0.1, 0.15) is 0 Å². The minimum Gasteiger partial charge on any atom is -0.481 e.